The second-order valence-electron chi connectivity index (χ2n) is 3.04. The lowest BCUT2D eigenvalue weighted by molar-refractivity contribution is 0.344. The van der Waals surface area contributed by atoms with Crippen molar-refractivity contribution in [2.75, 3.05) is 0 Å². The molecule has 1 spiro atoms. The van der Waals surface area contributed by atoms with Gasteiger partial charge in [0.2, 0.25) is 6.08 Å². The second kappa shape index (κ2) is 1.33. The number of allylic oxidation sites excluding steroid dienone is 2. The Balaban J connectivity index is 2.14. The molecule has 1 saturated carbocycles. The molecule has 0 heteroatoms. The Kier molecular flexibility index (Phi) is 0.750. The third kappa shape index (κ3) is 0.441. The summed E-state index contributed by atoms with van der Waals surface area (Å²) in [5, 5.41) is 0. The van der Waals surface area contributed by atoms with Gasteiger partial charge >= 0.3 is 0 Å². The molecule has 0 N–H and O–H groups in total. The van der Waals surface area contributed by atoms with Gasteiger partial charge in [-0.05, 0) is 12.8 Å². The highest BCUT2D eigenvalue weighted by atomic mass is 14.4. The first-order valence-corrected chi connectivity index (χ1v) is 3.51. The second-order valence-corrected chi connectivity index (χ2v) is 3.04. The van der Waals surface area contributed by atoms with Crippen molar-refractivity contribution in [3.63, 3.8) is 0 Å². The van der Waals surface area contributed by atoms with E-state index in [-0.39, 0.29) is 0 Å². The molecule has 2 aliphatic rings. The maximum atomic E-state index is 3.40. The fourth-order valence-electron chi connectivity index (χ4n) is 1.79. The Morgan fingerprint density at radius 2 is 1.88 bits per heavy atom. The Morgan fingerprint density at radius 3 is 2.12 bits per heavy atom. The van der Waals surface area contributed by atoms with Crippen LogP contribution >= 0.6 is 0 Å². The van der Waals surface area contributed by atoms with Crippen molar-refractivity contribution in [3.05, 3.63) is 12.2 Å². The Morgan fingerprint density at radius 1 is 1.25 bits per heavy atom. The zero-order valence-electron chi connectivity index (χ0n) is 5.11. The monoisotopic (exact) mass is 107 g/mol. The minimum absolute atomic E-state index is 0.611. The van der Waals surface area contributed by atoms with E-state index in [4.69, 9.17) is 0 Å². The van der Waals surface area contributed by atoms with E-state index < -0.39 is 0 Å². The van der Waals surface area contributed by atoms with Gasteiger partial charge in [0.1, 0.15) is 0 Å². The topological polar surface area (TPSA) is 0 Å². The summed E-state index contributed by atoms with van der Waals surface area (Å²) in [6.07, 6.45) is 12.6. The van der Waals surface area contributed by atoms with Crippen LogP contribution in [-0.2, 0) is 0 Å². The van der Waals surface area contributed by atoms with E-state index in [0.29, 0.717) is 5.41 Å². The van der Waals surface area contributed by atoms with Crippen LogP contribution in [0.1, 0.15) is 32.1 Å². The van der Waals surface area contributed by atoms with Gasteiger partial charge in [0.05, 0.1) is 6.42 Å². The van der Waals surface area contributed by atoms with Crippen LogP contribution in [0.25, 0.3) is 0 Å². The molecule has 0 bridgehead atoms. The molecule has 0 saturated heterocycles. The molecule has 2 aliphatic carbocycles. The molecule has 0 heterocycles. The van der Waals surface area contributed by atoms with Gasteiger partial charge in [-0.25, -0.2) is 0 Å². The Hall–Kier alpha value is -0.350. The summed E-state index contributed by atoms with van der Waals surface area (Å²) in [7, 11) is 0. The van der Waals surface area contributed by atoms with Gasteiger partial charge in [0.25, 0.3) is 0 Å². The molecule has 0 aromatic heterocycles. The molecule has 8 heavy (non-hydrogen) atoms. The predicted octanol–water partition coefficient (Wildman–Crippen LogP) is 2.31. The van der Waals surface area contributed by atoms with Crippen LogP contribution in [-0.4, -0.2) is 0 Å². The normalized spacial score (nSPS) is 30.0. The molecule has 0 aromatic rings. The summed E-state index contributed by atoms with van der Waals surface area (Å²) in [6, 6.07) is 0. The molecule has 0 nitrogen and oxygen atoms in total. The first kappa shape index (κ1) is 4.52. The Bertz CT molecular complexity index is 116. The molecule has 2 rings (SSSR count). The lowest BCUT2D eigenvalue weighted by Gasteiger charge is -2.13. The van der Waals surface area contributed by atoms with Crippen molar-refractivity contribution in [2.45, 2.75) is 32.1 Å². The van der Waals surface area contributed by atoms with Crippen molar-refractivity contribution >= 4 is 0 Å². The minimum atomic E-state index is 0.611. The molecular formula is C8H11+. The van der Waals surface area contributed by atoms with Gasteiger partial charge in [0.15, 0.2) is 11.5 Å². The molecule has 0 radical (unpaired) electrons. The van der Waals surface area contributed by atoms with Gasteiger partial charge in [-0.1, -0.05) is 0 Å². The van der Waals surface area contributed by atoms with Crippen LogP contribution in [0.15, 0.2) is 6.08 Å². The smallest absolute Gasteiger partial charge is 0.0478 e. The van der Waals surface area contributed by atoms with Crippen molar-refractivity contribution in [1.82, 2.24) is 0 Å². The summed E-state index contributed by atoms with van der Waals surface area (Å²) in [4.78, 5) is 0. The fraction of sp³-hybridized carbons (Fsp3) is 0.750. The highest BCUT2D eigenvalue weighted by Gasteiger charge is 2.48. The molecule has 0 aromatic carbocycles. The summed E-state index contributed by atoms with van der Waals surface area (Å²) in [5.74, 6) is 0. The van der Waals surface area contributed by atoms with E-state index >= 15 is 0 Å². The van der Waals surface area contributed by atoms with Gasteiger partial charge < -0.3 is 0 Å². The number of hydrogen-bond acceptors (Lipinski definition) is 0. The molecule has 1 fully saturated rings. The largest absolute Gasteiger partial charge is 0.225 e. The SMILES string of the molecule is [C+]1=CCC12CCCC2. The zero-order chi connectivity index (χ0) is 5.45. The first-order chi connectivity index (χ1) is 3.91. The predicted molar refractivity (Wildman–Crippen MR) is 33.3 cm³/mol. The van der Waals surface area contributed by atoms with E-state index in [9.17, 15) is 0 Å². The van der Waals surface area contributed by atoms with Crippen LogP contribution in [0.5, 0.6) is 0 Å². The average Bonchev–Trinajstić information content (AvgIpc) is 2.07. The van der Waals surface area contributed by atoms with Crippen molar-refractivity contribution in [3.8, 4) is 0 Å². The van der Waals surface area contributed by atoms with Crippen LogP contribution in [0.4, 0.5) is 0 Å². The zero-order valence-corrected chi connectivity index (χ0v) is 5.11. The van der Waals surface area contributed by atoms with Gasteiger partial charge in [0, 0.05) is 12.8 Å². The minimum Gasteiger partial charge on any atom is -0.0478 e. The highest BCUT2D eigenvalue weighted by molar-refractivity contribution is 5.08. The van der Waals surface area contributed by atoms with E-state index in [0.717, 1.165) is 0 Å². The highest BCUT2D eigenvalue weighted by Crippen LogP contribution is 2.46. The van der Waals surface area contributed by atoms with E-state index in [2.05, 4.69) is 12.2 Å². The van der Waals surface area contributed by atoms with Crippen LogP contribution < -0.4 is 0 Å². The lowest BCUT2D eigenvalue weighted by atomic mass is 9.75. The average molecular weight is 107 g/mol. The third-order valence-electron chi connectivity index (χ3n) is 2.46. The number of rotatable bonds is 0. The van der Waals surface area contributed by atoms with Crippen LogP contribution in [0, 0.1) is 11.5 Å². The van der Waals surface area contributed by atoms with E-state index in [1.807, 2.05) is 0 Å². The summed E-state index contributed by atoms with van der Waals surface area (Å²) >= 11 is 0. The molecule has 0 aliphatic heterocycles. The van der Waals surface area contributed by atoms with Crippen LogP contribution in [0.2, 0.25) is 0 Å². The standard InChI is InChI=1S/C8H11/c1-2-5-8(4-1)6-3-7-8/h3H,1-2,4-6H2/q+1. The van der Waals surface area contributed by atoms with Crippen molar-refractivity contribution in [2.24, 2.45) is 5.41 Å². The van der Waals surface area contributed by atoms with Gasteiger partial charge in [-0.3, -0.25) is 0 Å². The summed E-state index contributed by atoms with van der Waals surface area (Å²) in [6.45, 7) is 0. The fourth-order valence-corrected chi connectivity index (χ4v) is 1.79. The maximum absolute atomic E-state index is 3.40. The molecule has 0 atom stereocenters. The van der Waals surface area contributed by atoms with Crippen molar-refractivity contribution in [1.29, 1.82) is 0 Å². The third-order valence-corrected chi connectivity index (χ3v) is 2.46. The van der Waals surface area contributed by atoms with E-state index in [1.54, 1.807) is 0 Å². The first-order valence-electron chi connectivity index (χ1n) is 3.51. The Labute approximate surface area is 50.6 Å². The van der Waals surface area contributed by atoms with E-state index in [1.165, 1.54) is 32.1 Å². The van der Waals surface area contributed by atoms with Crippen LogP contribution in [0.3, 0.4) is 0 Å². The maximum Gasteiger partial charge on any atom is 0.225 e. The summed E-state index contributed by atoms with van der Waals surface area (Å²) < 4.78 is 0. The lowest BCUT2D eigenvalue weighted by Crippen LogP contribution is -2.18. The molecular weight excluding hydrogens is 96.1 g/mol. The van der Waals surface area contributed by atoms with Gasteiger partial charge in [-0.15, -0.1) is 0 Å². The molecule has 0 unspecified atom stereocenters. The number of hydrogen-bond donors (Lipinski definition) is 0. The molecule has 0 amide bonds. The van der Waals surface area contributed by atoms with Gasteiger partial charge in [-0.2, -0.15) is 0 Å². The quantitative estimate of drug-likeness (QED) is 0.417. The molecule has 42 valence electrons. The summed E-state index contributed by atoms with van der Waals surface area (Å²) in [5.41, 5.74) is 0.611. The van der Waals surface area contributed by atoms with Crippen molar-refractivity contribution < 1.29 is 0 Å².